The molecule has 4 heteroatoms. The van der Waals surface area contributed by atoms with Crippen molar-refractivity contribution in [2.24, 2.45) is 0 Å². The molecule has 9 aromatic carbocycles. The maximum atomic E-state index is 5.41. The second kappa shape index (κ2) is 12.9. The molecule has 12 rings (SSSR count). The average molecular weight is 739 g/mol. The van der Waals surface area contributed by atoms with Gasteiger partial charge >= 0.3 is 0 Å². The van der Waals surface area contributed by atoms with E-state index in [1.165, 1.54) is 43.7 Å². The van der Waals surface area contributed by atoms with Crippen LogP contribution in [0.25, 0.3) is 110 Å². The summed E-state index contributed by atoms with van der Waals surface area (Å²) < 4.78 is 4.65. The first-order chi connectivity index (χ1) is 28.8. The molecule has 0 spiro atoms. The predicted molar refractivity (Wildman–Crippen MR) is 242 cm³/mol. The Labute approximate surface area is 334 Å². The summed E-state index contributed by atoms with van der Waals surface area (Å²) in [5, 5.41) is 8.35. The SMILES string of the molecule is c1ccc(-c2cccc(-c3nc(-n4c5ccccc5c5cc(-c6cc7c(c8ccccc68)c6ccccc6n7-c6ccccc6)ccc54)nc4ccccc34)c2)cc1. The molecule has 0 amide bonds. The summed E-state index contributed by atoms with van der Waals surface area (Å²) in [5.41, 5.74) is 13.2. The van der Waals surface area contributed by atoms with E-state index in [2.05, 4.69) is 215 Å². The van der Waals surface area contributed by atoms with Gasteiger partial charge in [-0.15, -0.1) is 0 Å². The van der Waals surface area contributed by atoms with Gasteiger partial charge in [-0.1, -0.05) is 152 Å². The van der Waals surface area contributed by atoms with Crippen LogP contribution in [0.3, 0.4) is 0 Å². The summed E-state index contributed by atoms with van der Waals surface area (Å²) in [6.07, 6.45) is 0. The van der Waals surface area contributed by atoms with E-state index in [4.69, 9.17) is 9.97 Å². The van der Waals surface area contributed by atoms with Crippen LogP contribution < -0.4 is 0 Å². The molecule has 0 bridgehead atoms. The average Bonchev–Trinajstić information content (AvgIpc) is 3.82. The molecule has 270 valence electrons. The van der Waals surface area contributed by atoms with E-state index in [-0.39, 0.29) is 0 Å². The van der Waals surface area contributed by atoms with Gasteiger partial charge in [-0.05, 0) is 87.6 Å². The van der Waals surface area contributed by atoms with Crippen LogP contribution >= 0.6 is 0 Å². The number of nitrogens with zero attached hydrogens (tertiary/aromatic N) is 4. The molecule has 0 aliphatic rings. The molecule has 0 aliphatic carbocycles. The van der Waals surface area contributed by atoms with Crippen molar-refractivity contribution in [3.63, 3.8) is 0 Å². The Hall–Kier alpha value is -7.82. The number of hydrogen-bond donors (Lipinski definition) is 0. The van der Waals surface area contributed by atoms with Crippen LogP contribution in [0.1, 0.15) is 0 Å². The molecule has 0 fully saturated rings. The van der Waals surface area contributed by atoms with E-state index in [9.17, 15) is 0 Å². The highest BCUT2D eigenvalue weighted by molar-refractivity contribution is 6.24. The number of aromatic nitrogens is 4. The maximum absolute atomic E-state index is 5.41. The molecule has 0 saturated carbocycles. The zero-order chi connectivity index (χ0) is 38.2. The van der Waals surface area contributed by atoms with Gasteiger partial charge in [-0.25, -0.2) is 9.97 Å². The summed E-state index contributed by atoms with van der Waals surface area (Å²) in [6, 6.07) is 73.8. The Morgan fingerprint density at radius 3 is 1.72 bits per heavy atom. The molecule has 3 aromatic heterocycles. The van der Waals surface area contributed by atoms with E-state index in [1.807, 2.05) is 0 Å². The number of hydrogen-bond acceptors (Lipinski definition) is 2. The number of rotatable bonds is 5. The van der Waals surface area contributed by atoms with Crippen LogP contribution in [0.4, 0.5) is 0 Å². The Kier molecular flexibility index (Phi) is 7.20. The van der Waals surface area contributed by atoms with E-state index in [1.54, 1.807) is 0 Å². The highest BCUT2D eigenvalue weighted by Gasteiger charge is 2.21. The molecular formula is C54H34N4. The molecule has 4 nitrogen and oxygen atoms in total. The third kappa shape index (κ3) is 4.95. The molecule has 0 radical (unpaired) electrons. The third-order valence-corrected chi connectivity index (χ3v) is 11.7. The molecule has 0 saturated heterocycles. The molecule has 0 aliphatic heterocycles. The second-order valence-corrected chi connectivity index (χ2v) is 15.0. The van der Waals surface area contributed by atoms with Crippen molar-refractivity contribution in [2.45, 2.75) is 0 Å². The van der Waals surface area contributed by atoms with Gasteiger partial charge in [-0.3, -0.25) is 4.57 Å². The van der Waals surface area contributed by atoms with Crippen molar-refractivity contribution in [1.29, 1.82) is 0 Å². The van der Waals surface area contributed by atoms with Crippen LogP contribution in [0.2, 0.25) is 0 Å². The first-order valence-corrected chi connectivity index (χ1v) is 19.8. The van der Waals surface area contributed by atoms with Crippen LogP contribution in [0.5, 0.6) is 0 Å². The van der Waals surface area contributed by atoms with E-state index in [0.717, 1.165) is 60.8 Å². The molecule has 3 heterocycles. The minimum Gasteiger partial charge on any atom is -0.309 e. The lowest BCUT2D eigenvalue weighted by molar-refractivity contribution is 1.01. The lowest BCUT2D eigenvalue weighted by Crippen LogP contribution is -2.03. The van der Waals surface area contributed by atoms with Gasteiger partial charge in [0.1, 0.15) is 0 Å². The zero-order valence-corrected chi connectivity index (χ0v) is 31.4. The minimum atomic E-state index is 0.650. The van der Waals surface area contributed by atoms with Crippen LogP contribution in [-0.4, -0.2) is 19.1 Å². The first-order valence-electron chi connectivity index (χ1n) is 19.8. The van der Waals surface area contributed by atoms with Gasteiger partial charge < -0.3 is 4.57 Å². The quantitative estimate of drug-likeness (QED) is 0.176. The van der Waals surface area contributed by atoms with Crippen LogP contribution in [0.15, 0.2) is 206 Å². The second-order valence-electron chi connectivity index (χ2n) is 15.0. The minimum absolute atomic E-state index is 0.650. The maximum Gasteiger partial charge on any atom is 0.235 e. The summed E-state index contributed by atoms with van der Waals surface area (Å²) in [4.78, 5) is 10.7. The highest BCUT2D eigenvalue weighted by Crippen LogP contribution is 2.43. The fourth-order valence-electron chi connectivity index (χ4n) is 9.14. The zero-order valence-electron chi connectivity index (χ0n) is 31.4. The molecule has 0 atom stereocenters. The van der Waals surface area contributed by atoms with E-state index in [0.29, 0.717) is 5.95 Å². The summed E-state index contributed by atoms with van der Waals surface area (Å²) >= 11 is 0. The molecule has 58 heavy (non-hydrogen) atoms. The summed E-state index contributed by atoms with van der Waals surface area (Å²) in [7, 11) is 0. The summed E-state index contributed by atoms with van der Waals surface area (Å²) in [6.45, 7) is 0. The number of fused-ring (bicyclic) bond motifs is 9. The van der Waals surface area contributed by atoms with Gasteiger partial charge in [-0.2, -0.15) is 0 Å². The molecule has 12 aromatic rings. The number of para-hydroxylation sites is 4. The van der Waals surface area contributed by atoms with Crippen molar-refractivity contribution in [3.8, 4) is 45.1 Å². The highest BCUT2D eigenvalue weighted by atomic mass is 15.2. The van der Waals surface area contributed by atoms with Crippen molar-refractivity contribution >= 4 is 65.3 Å². The van der Waals surface area contributed by atoms with Crippen molar-refractivity contribution in [3.05, 3.63) is 206 Å². The Morgan fingerprint density at radius 2 is 0.914 bits per heavy atom. The lowest BCUT2D eigenvalue weighted by atomic mass is 9.94. The Balaban J connectivity index is 1.09. The molecule has 0 unspecified atom stereocenters. The van der Waals surface area contributed by atoms with Crippen molar-refractivity contribution in [2.75, 3.05) is 0 Å². The Morgan fingerprint density at radius 1 is 0.310 bits per heavy atom. The molecule has 0 N–H and O–H groups in total. The lowest BCUT2D eigenvalue weighted by Gasteiger charge is -2.13. The van der Waals surface area contributed by atoms with Gasteiger partial charge in [0, 0.05) is 38.2 Å². The van der Waals surface area contributed by atoms with Crippen LogP contribution in [0, 0.1) is 0 Å². The van der Waals surface area contributed by atoms with Gasteiger partial charge in [0.15, 0.2) is 0 Å². The normalized spacial score (nSPS) is 11.8. The fraction of sp³-hybridized carbons (Fsp3) is 0. The van der Waals surface area contributed by atoms with Gasteiger partial charge in [0.05, 0.1) is 33.3 Å². The Bertz CT molecular complexity index is 3560. The fourth-order valence-corrected chi connectivity index (χ4v) is 9.14. The van der Waals surface area contributed by atoms with Crippen molar-refractivity contribution in [1.82, 2.24) is 19.1 Å². The van der Waals surface area contributed by atoms with Crippen LogP contribution in [-0.2, 0) is 0 Å². The summed E-state index contributed by atoms with van der Waals surface area (Å²) in [5.74, 6) is 0.650. The topological polar surface area (TPSA) is 35.6 Å². The van der Waals surface area contributed by atoms with E-state index >= 15 is 0 Å². The van der Waals surface area contributed by atoms with Gasteiger partial charge in [0.25, 0.3) is 0 Å². The van der Waals surface area contributed by atoms with Gasteiger partial charge in [0.2, 0.25) is 5.95 Å². The third-order valence-electron chi connectivity index (χ3n) is 11.7. The largest absolute Gasteiger partial charge is 0.309 e. The smallest absolute Gasteiger partial charge is 0.235 e. The standard InChI is InChI=1S/C54H34N4/c1-3-16-35(17-4-1)36-18-15-19-38(32-36)53-43-25-9-12-27-47(43)55-54(56-53)58-48-28-13-10-23-41(48)46-33-37(30-31-50(46)58)45-34-51-52(42-24-8-7-22-40(42)45)44-26-11-14-29-49(44)57(51)39-20-5-2-6-21-39/h1-34H. The molecular weight excluding hydrogens is 705 g/mol. The number of benzene rings is 9. The monoisotopic (exact) mass is 738 g/mol. The predicted octanol–water partition coefficient (Wildman–Crippen LogP) is 14.0. The first kappa shape index (κ1) is 32.4. The van der Waals surface area contributed by atoms with E-state index < -0.39 is 0 Å². The van der Waals surface area contributed by atoms with Crippen molar-refractivity contribution < 1.29 is 0 Å².